The Labute approximate surface area is 122 Å². The van der Waals surface area contributed by atoms with E-state index in [1.54, 1.807) is 12.1 Å². The summed E-state index contributed by atoms with van der Waals surface area (Å²) in [7, 11) is -3.35. The van der Waals surface area contributed by atoms with Gasteiger partial charge in [0.05, 0.1) is 30.2 Å². The molecule has 0 aliphatic rings. The minimum Gasteiger partial charge on any atom is -0.397 e. The van der Waals surface area contributed by atoms with Gasteiger partial charge in [0.2, 0.25) is 5.91 Å². The van der Waals surface area contributed by atoms with E-state index in [9.17, 15) is 13.2 Å². The van der Waals surface area contributed by atoms with Crippen molar-refractivity contribution in [2.24, 2.45) is 0 Å². The topological polar surface area (TPSA) is 115 Å². The van der Waals surface area contributed by atoms with E-state index in [2.05, 4.69) is 15.3 Å². The summed E-state index contributed by atoms with van der Waals surface area (Å²) in [6.45, 7) is 0. The van der Waals surface area contributed by atoms with Crippen molar-refractivity contribution in [3.8, 4) is 0 Å². The number of carbonyl (C=O) groups excluding carboxylic acids is 1. The Hall–Kier alpha value is -2.48. The third-order valence-corrected chi connectivity index (χ3v) is 3.59. The van der Waals surface area contributed by atoms with Gasteiger partial charge in [-0.15, -0.1) is 0 Å². The summed E-state index contributed by atoms with van der Waals surface area (Å²) >= 11 is 0. The van der Waals surface area contributed by atoms with E-state index in [1.165, 1.54) is 24.5 Å². The number of rotatable bonds is 4. The molecule has 2 rings (SSSR count). The molecule has 0 radical (unpaired) electrons. The normalized spacial score (nSPS) is 11.1. The van der Waals surface area contributed by atoms with E-state index >= 15 is 0 Å². The molecule has 110 valence electrons. The van der Waals surface area contributed by atoms with Crippen molar-refractivity contribution < 1.29 is 13.2 Å². The largest absolute Gasteiger partial charge is 0.397 e. The van der Waals surface area contributed by atoms with Gasteiger partial charge in [0.15, 0.2) is 14.9 Å². The molecule has 0 saturated carbocycles. The second-order valence-electron chi connectivity index (χ2n) is 4.47. The molecule has 8 heteroatoms. The van der Waals surface area contributed by atoms with E-state index in [0.29, 0.717) is 17.1 Å². The highest BCUT2D eigenvalue weighted by atomic mass is 32.2. The summed E-state index contributed by atoms with van der Waals surface area (Å²) in [6.07, 6.45) is 3.93. The molecule has 0 saturated heterocycles. The van der Waals surface area contributed by atoms with Crippen LogP contribution in [0.2, 0.25) is 0 Å². The number of nitrogens with zero attached hydrogens (tertiary/aromatic N) is 2. The van der Waals surface area contributed by atoms with Crippen molar-refractivity contribution in [3.05, 3.63) is 42.4 Å². The lowest BCUT2D eigenvalue weighted by atomic mass is 10.2. The Balaban J connectivity index is 2.01. The smallest absolute Gasteiger partial charge is 0.230 e. The number of amides is 1. The highest BCUT2D eigenvalue weighted by Crippen LogP contribution is 2.11. The molecule has 21 heavy (non-hydrogen) atoms. The zero-order valence-corrected chi connectivity index (χ0v) is 12.1. The van der Waals surface area contributed by atoms with Crippen LogP contribution in [-0.4, -0.2) is 30.5 Å². The first-order valence-corrected chi connectivity index (χ1v) is 7.90. The molecule has 0 aromatic carbocycles. The third-order valence-electron chi connectivity index (χ3n) is 2.59. The maximum absolute atomic E-state index is 11.8. The summed E-state index contributed by atoms with van der Waals surface area (Å²) in [5, 5.41) is 2.58. The predicted octanol–water partition coefficient (Wildman–Crippen LogP) is 0.644. The number of hydrogen-bond acceptors (Lipinski definition) is 6. The Morgan fingerprint density at radius 3 is 2.48 bits per heavy atom. The van der Waals surface area contributed by atoms with E-state index in [0.717, 1.165) is 6.26 Å². The first kappa shape index (κ1) is 14.9. The summed E-state index contributed by atoms with van der Waals surface area (Å²) in [5.41, 5.74) is 7.04. The summed E-state index contributed by atoms with van der Waals surface area (Å²) in [6, 6.07) is 6.15. The van der Waals surface area contributed by atoms with Crippen molar-refractivity contribution >= 4 is 27.1 Å². The van der Waals surface area contributed by atoms with Crippen molar-refractivity contribution in [3.63, 3.8) is 0 Å². The molecule has 0 atom stereocenters. The number of carbonyl (C=O) groups is 1. The average Bonchev–Trinajstić information content (AvgIpc) is 2.41. The lowest BCUT2D eigenvalue weighted by Gasteiger charge is -2.05. The van der Waals surface area contributed by atoms with Gasteiger partial charge < -0.3 is 11.1 Å². The van der Waals surface area contributed by atoms with Crippen LogP contribution in [-0.2, 0) is 21.1 Å². The van der Waals surface area contributed by atoms with Crippen molar-refractivity contribution in [1.29, 1.82) is 0 Å². The zero-order valence-electron chi connectivity index (χ0n) is 11.3. The molecule has 3 N–H and O–H groups in total. The van der Waals surface area contributed by atoms with Gasteiger partial charge >= 0.3 is 0 Å². The average molecular weight is 306 g/mol. The SMILES string of the molecule is CS(=O)(=O)c1ccc(NC(=O)Cc2ccc(N)cn2)cn1. The molecule has 0 unspecified atom stereocenters. The predicted molar refractivity (Wildman–Crippen MR) is 78.3 cm³/mol. The van der Waals surface area contributed by atoms with E-state index in [4.69, 9.17) is 5.73 Å². The number of nitrogen functional groups attached to an aromatic ring is 1. The van der Waals surface area contributed by atoms with Crippen LogP contribution in [0.3, 0.4) is 0 Å². The fraction of sp³-hybridized carbons (Fsp3) is 0.154. The van der Waals surface area contributed by atoms with Gasteiger partial charge in [-0.05, 0) is 24.3 Å². The fourth-order valence-corrected chi connectivity index (χ4v) is 2.14. The molecule has 2 heterocycles. The molecular weight excluding hydrogens is 292 g/mol. The van der Waals surface area contributed by atoms with Gasteiger partial charge in [-0.1, -0.05) is 0 Å². The fourth-order valence-electron chi connectivity index (χ4n) is 1.58. The number of aromatic nitrogens is 2. The van der Waals surface area contributed by atoms with Crippen LogP contribution >= 0.6 is 0 Å². The maximum Gasteiger partial charge on any atom is 0.230 e. The monoisotopic (exact) mass is 306 g/mol. The second-order valence-corrected chi connectivity index (χ2v) is 6.43. The van der Waals surface area contributed by atoms with Gasteiger partial charge in [0.25, 0.3) is 0 Å². The van der Waals surface area contributed by atoms with Crippen molar-refractivity contribution in [2.45, 2.75) is 11.4 Å². The van der Waals surface area contributed by atoms with E-state index < -0.39 is 9.84 Å². The maximum atomic E-state index is 11.8. The minimum absolute atomic E-state index is 0.0410. The molecule has 0 fully saturated rings. The van der Waals surface area contributed by atoms with E-state index in [1.807, 2.05) is 0 Å². The number of sulfone groups is 1. The highest BCUT2D eigenvalue weighted by molar-refractivity contribution is 7.90. The van der Waals surface area contributed by atoms with Gasteiger partial charge in [0.1, 0.15) is 0 Å². The lowest BCUT2D eigenvalue weighted by molar-refractivity contribution is -0.115. The summed E-state index contributed by atoms with van der Waals surface area (Å²) < 4.78 is 22.5. The van der Waals surface area contributed by atoms with Crippen LogP contribution in [0.5, 0.6) is 0 Å². The van der Waals surface area contributed by atoms with Crippen molar-refractivity contribution in [1.82, 2.24) is 9.97 Å². The lowest BCUT2D eigenvalue weighted by Crippen LogP contribution is -2.15. The first-order valence-electron chi connectivity index (χ1n) is 6.01. The van der Waals surface area contributed by atoms with Gasteiger partial charge in [-0.3, -0.25) is 9.78 Å². The molecule has 0 spiro atoms. The Bertz CT molecular complexity index is 740. The molecule has 0 bridgehead atoms. The van der Waals surface area contributed by atoms with Crippen molar-refractivity contribution in [2.75, 3.05) is 17.3 Å². The number of anilines is 2. The molecule has 1 amide bonds. The summed E-state index contributed by atoms with van der Waals surface area (Å²) in [5.74, 6) is -0.277. The van der Waals surface area contributed by atoms with E-state index in [-0.39, 0.29) is 17.4 Å². The van der Waals surface area contributed by atoms with Crippen LogP contribution in [0.1, 0.15) is 5.69 Å². The summed E-state index contributed by atoms with van der Waals surface area (Å²) in [4.78, 5) is 19.6. The Morgan fingerprint density at radius 1 is 1.19 bits per heavy atom. The number of hydrogen-bond donors (Lipinski definition) is 2. The minimum atomic E-state index is -3.35. The number of pyridine rings is 2. The first-order chi connectivity index (χ1) is 9.84. The molecule has 2 aromatic heterocycles. The number of nitrogens with one attached hydrogen (secondary N) is 1. The third kappa shape index (κ3) is 4.25. The highest BCUT2D eigenvalue weighted by Gasteiger charge is 2.09. The quantitative estimate of drug-likeness (QED) is 0.856. The van der Waals surface area contributed by atoms with Gasteiger partial charge in [-0.25, -0.2) is 13.4 Å². The van der Waals surface area contributed by atoms with Gasteiger partial charge in [-0.2, -0.15) is 0 Å². The molecule has 0 aliphatic heterocycles. The van der Waals surface area contributed by atoms with Crippen LogP contribution in [0, 0.1) is 0 Å². The Kier molecular flexibility index (Phi) is 4.18. The van der Waals surface area contributed by atoms with Crippen LogP contribution in [0.4, 0.5) is 11.4 Å². The van der Waals surface area contributed by atoms with Crippen LogP contribution < -0.4 is 11.1 Å². The Morgan fingerprint density at radius 2 is 1.95 bits per heavy atom. The zero-order chi connectivity index (χ0) is 15.5. The molecule has 0 aliphatic carbocycles. The van der Waals surface area contributed by atoms with Crippen LogP contribution in [0.15, 0.2) is 41.7 Å². The number of nitrogens with two attached hydrogens (primary N) is 1. The standard InChI is InChI=1S/C13H14N4O3S/c1-21(19,20)13-5-4-11(8-16-13)17-12(18)6-10-3-2-9(14)7-15-10/h2-5,7-8H,6,14H2,1H3,(H,17,18). The molecule has 2 aromatic rings. The van der Waals surface area contributed by atoms with Gasteiger partial charge in [0, 0.05) is 11.9 Å². The van der Waals surface area contributed by atoms with Crippen LogP contribution in [0.25, 0.3) is 0 Å². The molecule has 7 nitrogen and oxygen atoms in total. The molecular formula is C13H14N4O3S. The second kappa shape index (κ2) is 5.88.